The molecule has 0 aliphatic heterocycles. The molecule has 2 aromatic carbocycles. The zero-order chi connectivity index (χ0) is 16.5. The minimum atomic E-state index is -0.0779. The Morgan fingerprint density at radius 2 is 2.04 bits per heavy atom. The largest absolute Gasteiger partial charge is 0.351 e. The van der Waals surface area contributed by atoms with Crippen LogP contribution < -0.4 is 5.32 Å². The summed E-state index contributed by atoms with van der Waals surface area (Å²) in [6, 6.07) is 14.4. The van der Waals surface area contributed by atoms with Gasteiger partial charge in [-0.3, -0.25) is 9.20 Å². The Kier molecular flexibility index (Phi) is 3.78. The molecule has 4 rings (SSSR count). The zero-order valence-electron chi connectivity index (χ0n) is 13.3. The molecule has 2 heterocycles. The quantitative estimate of drug-likeness (QED) is 0.602. The number of carbonyl (C=O) groups excluding carboxylic acids is 1. The fourth-order valence-electron chi connectivity index (χ4n) is 2.86. The summed E-state index contributed by atoms with van der Waals surface area (Å²) in [5.41, 5.74) is 2.31. The van der Waals surface area contributed by atoms with Crippen LogP contribution in [0.5, 0.6) is 0 Å². The van der Waals surface area contributed by atoms with E-state index in [1.54, 1.807) is 0 Å². The number of rotatable bonds is 4. The van der Waals surface area contributed by atoms with E-state index < -0.39 is 0 Å². The summed E-state index contributed by atoms with van der Waals surface area (Å²) in [7, 11) is 0. The molecule has 0 unspecified atom stereocenters. The van der Waals surface area contributed by atoms with Gasteiger partial charge in [0.1, 0.15) is 11.4 Å². The summed E-state index contributed by atoms with van der Waals surface area (Å²) in [5, 5.41) is 7.24. The van der Waals surface area contributed by atoms with Gasteiger partial charge in [-0.05, 0) is 23.3 Å². The molecule has 4 aromatic rings. The van der Waals surface area contributed by atoms with Crippen LogP contribution in [0, 0.1) is 0 Å². The second kappa shape index (κ2) is 6.09. The minimum absolute atomic E-state index is 0.0779. The third-order valence-electron chi connectivity index (χ3n) is 4.04. The van der Waals surface area contributed by atoms with Crippen LogP contribution >= 0.6 is 11.3 Å². The summed E-state index contributed by atoms with van der Waals surface area (Å²) < 4.78 is 1.88. The molecule has 120 valence electrons. The van der Waals surface area contributed by atoms with Crippen LogP contribution in [-0.4, -0.2) is 21.8 Å². The summed E-state index contributed by atoms with van der Waals surface area (Å²) in [5.74, 6) is -0.0779. The molecular weight excluding hydrogens is 318 g/mol. The molecule has 1 N–H and O–H groups in total. The van der Waals surface area contributed by atoms with Crippen molar-refractivity contribution in [1.29, 1.82) is 0 Å². The topological polar surface area (TPSA) is 46.4 Å². The van der Waals surface area contributed by atoms with Crippen LogP contribution in [0.25, 0.3) is 27.0 Å². The number of thiazole rings is 1. The number of nitrogens with one attached hydrogen (secondary N) is 1. The molecule has 24 heavy (non-hydrogen) atoms. The fraction of sp³-hybridized carbons (Fsp3) is 0.158. The molecule has 0 fully saturated rings. The summed E-state index contributed by atoms with van der Waals surface area (Å²) in [4.78, 5) is 18.2. The number of nitrogens with zero attached hydrogens (tertiary/aromatic N) is 2. The Labute approximate surface area is 143 Å². The van der Waals surface area contributed by atoms with Gasteiger partial charge >= 0.3 is 0 Å². The lowest BCUT2D eigenvalue weighted by atomic mass is 10.0. The van der Waals surface area contributed by atoms with Gasteiger partial charge in [0.2, 0.25) is 0 Å². The predicted molar refractivity (Wildman–Crippen MR) is 98.6 cm³/mol. The SMILES string of the molecule is CCCNC(=O)c1c(-c2ccc3ccccc3c2)nc2sccn12. The highest BCUT2D eigenvalue weighted by Crippen LogP contribution is 2.29. The van der Waals surface area contributed by atoms with Crippen molar-refractivity contribution in [2.45, 2.75) is 13.3 Å². The first-order valence-electron chi connectivity index (χ1n) is 8.01. The van der Waals surface area contributed by atoms with Crippen molar-refractivity contribution >= 4 is 33.0 Å². The molecular formula is C19H17N3OS. The van der Waals surface area contributed by atoms with Gasteiger partial charge in [-0.15, -0.1) is 11.3 Å². The van der Waals surface area contributed by atoms with Gasteiger partial charge in [-0.1, -0.05) is 43.3 Å². The highest BCUT2D eigenvalue weighted by molar-refractivity contribution is 7.15. The average Bonchev–Trinajstić information content (AvgIpc) is 3.20. The van der Waals surface area contributed by atoms with Gasteiger partial charge in [0.15, 0.2) is 4.96 Å². The number of hydrogen-bond donors (Lipinski definition) is 1. The molecule has 0 bridgehead atoms. The van der Waals surface area contributed by atoms with Crippen molar-refractivity contribution in [2.24, 2.45) is 0 Å². The number of amides is 1. The number of aromatic nitrogens is 2. The zero-order valence-corrected chi connectivity index (χ0v) is 14.1. The Bertz CT molecular complexity index is 1030. The van der Waals surface area contributed by atoms with Gasteiger partial charge in [0, 0.05) is 23.7 Å². The van der Waals surface area contributed by atoms with Crippen molar-refractivity contribution in [3.8, 4) is 11.3 Å². The van der Waals surface area contributed by atoms with E-state index in [2.05, 4.69) is 29.6 Å². The minimum Gasteiger partial charge on any atom is -0.351 e. The third kappa shape index (κ3) is 2.47. The first-order valence-corrected chi connectivity index (χ1v) is 8.89. The van der Waals surface area contributed by atoms with Crippen LogP contribution in [0.1, 0.15) is 23.8 Å². The first kappa shape index (κ1) is 14.9. The van der Waals surface area contributed by atoms with E-state index in [0.717, 1.165) is 28.0 Å². The molecule has 0 aliphatic carbocycles. The fourth-order valence-corrected chi connectivity index (χ4v) is 3.58. The molecule has 0 atom stereocenters. The van der Waals surface area contributed by atoms with Crippen molar-refractivity contribution < 1.29 is 4.79 Å². The van der Waals surface area contributed by atoms with Crippen LogP contribution in [0.2, 0.25) is 0 Å². The summed E-state index contributed by atoms with van der Waals surface area (Å²) in [6.45, 7) is 2.70. The van der Waals surface area contributed by atoms with Crippen LogP contribution in [-0.2, 0) is 0 Å². The second-order valence-corrected chi connectivity index (χ2v) is 6.56. The Balaban J connectivity index is 1.88. The van der Waals surface area contributed by atoms with Crippen molar-refractivity contribution in [3.05, 3.63) is 59.7 Å². The molecule has 0 aliphatic rings. The predicted octanol–water partition coefficient (Wildman–Crippen LogP) is 4.36. The lowest BCUT2D eigenvalue weighted by Gasteiger charge is -2.06. The number of hydrogen-bond acceptors (Lipinski definition) is 3. The van der Waals surface area contributed by atoms with E-state index in [0.29, 0.717) is 12.2 Å². The third-order valence-corrected chi connectivity index (χ3v) is 4.79. The number of fused-ring (bicyclic) bond motifs is 2. The number of benzene rings is 2. The van der Waals surface area contributed by atoms with Crippen LogP contribution in [0.15, 0.2) is 54.0 Å². The lowest BCUT2D eigenvalue weighted by Crippen LogP contribution is -2.25. The van der Waals surface area contributed by atoms with Crippen LogP contribution in [0.4, 0.5) is 0 Å². The molecule has 0 radical (unpaired) electrons. The molecule has 0 spiro atoms. The van der Waals surface area contributed by atoms with Gasteiger partial charge in [-0.2, -0.15) is 0 Å². The monoisotopic (exact) mass is 335 g/mol. The van der Waals surface area contributed by atoms with Crippen molar-refractivity contribution in [1.82, 2.24) is 14.7 Å². The molecule has 2 aromatic heterocycles. The maximum absolute atomic E-state index is 12.7. The van der Waals surface area contributed by atoms with Gasteiger partial charge < -0.3 is 5.32 Å². The maximum Gasteiger partial charge on any atom is 0.270 e. The van der Waals surface area contributed by atoms with Crippen molar-refractivity contribution in [3.63, 3.8) is 0 Å². The Morgan fingerprint density at radius 3 is 2.88 bits per heavy atom. The second-order valence-electron chi connectivity index (χ2n) is 5.68. The first-order chi connectivity index (χ1) is 11.8. The van der Waals surface area contributed by atoms with Gasteiger partial charge in [-0.25, -0.2) is 4.98 Å². The highest BCUT2D eigenvalue weighted by Gasteiger charge is 2.21. The van der Waals surface area contributed by atoms with E-state index in [4.69, 9.17) is 4.98 Å². The van der Waals surface area contributed by atoms with Crippen LogP contribution in [0.3, 0.4) is 0 Å². The molecule has 0 saturated carbocycles. The highest BCUT2D eigenvalue weighted by atomic mass is 32.1. The lowest BCUT2D eigenvalue weighted by molar-refractivity contribution is 0.0948. The Morgan fingerprint density at radius 1 is 1.21 bits per heavy atom. The van der Waals surface area contributed by atoms with E-state index in [1.165, 1.54) is 16.7 Å². The number of imidazole rings is 1. The van der Waals surface area contributed by atoms with Crippen molar-refractivity contribution in [2.75, 3.05) is 6.54 Å². The van der Waals surface area contributed by atoms with Gasteiger partial charge in [0.25, 0.3) is 5.91 Å². The normalized spacial score (nSPS) is 11.2. The van der Waals surface area contributed by atoms with E-state index in [9.17, 15) is 4.79 Å². The standard InChI is InChI=1S/C19H17N3OS/c1-2-9-20-18(23)17-16(21-19-22(17)10-11-24-19)15-8-7-13-5-3-4-6-14(13)12-15/h3-8,10-12H,2,9H2,1H3,(H,20,23). The van der Waals surface area contributed by atoms with E-state index in [1.807, 2.05) is 41.1 Å². The Hall–Kier alpha value is -2.66. The summed E-state index contributed by atoms with van der Waals surface area (Å²) >= 11 is 1.53. The smallest absolute Gasteiger partial charge is 0.270 e. The van der Waals surface area contributed by atoms with E-state index >= 15 is 0 Å². The van der Waals surface area contributed by atoms with Gasteiger partial charge in [0.05, 0.1) is 0 Å². The number of carbonyl (C=O) groups is 1. The maximum atomic E-state index is 12.7. The summed E-state index contributed by atoms with van der Waals surface area (Å²) in [6.07, 6.45) is 2.81. The molecule has 5 heteroatoms. The average molecular weight is 335 g/mol. The van der Waals surface area contributed by atoms with E-state index in [-0.39, 0.29) is 5.91 Å². The molecule has 4 nitrogen and oxygen atoms in total. The molecule has 1 amide bonds. The molecule has 0 saturated heterocycles.